The van der Waals surface area contributed by atoms with Crippen molar-refractivity contribution in [3.05, 3.63) is 218 Å². The van der Waals surface area contributed by atoms with Crippen LogP contribution >= 0.6 is 0 Å². The summed E-state index contributed by atoms with van der Waals surface area (Å²) in [5.41, 5.74) is 34.8. The van der Waals surface area contributed by atoms with E-state index in [0.717, 1.165) is 17.6 Å². The maximum atomic E-state index is 6.99. The summed E-state index contributed by atoms with van der Waals surface area (Å²) in [4.78, 5) is 2.58. The maximum Gasteiger partial charge on any atom is 0.143 e. The van der Waals surface area contributed by atoms with Gasteiger partial charge in [-0.25, -0.2) is 0 Å². The zero-order valence-electron chi connectivity index (χ0n) is 44.5. The van der Waals surface area contributed by atoms with E-state index in [1.54, 1.807) is 0 Å². The molecule has 73 heavy (non-hydrogen) atoms. The summed E-state index contributed by atoms with van der Waals surface area (Å²) >= 11 is 0. The topological polar surface area (TPSA) is 16.4 Å². The van der Waals surface area contributed by atoms with Crippen LogP contribution in [0.5, 0.6) is 0 Å². The van der Waals surface area contributed by atoms with E-state index in [0.29, 0.717) is 0 Å². The van der Waals surface area contributed by atoms with Gasteiger partial charge in [0.25, 0.3) is 0 Å². The Hall–Kier alpha value is -7.42. The number of benzene rings is 9. The molecule has 0 unspecified atom stereocenters. The molecule has 9 aromatic carbocycles. The van der Waals surface area contributed by atoms with Crippen molar-refractivity contribution in [1.29, 1.82) is 0 Å². The quantitative estimate of drug-likeness (QED) is 0.175. The second-order valence-electron chi connectivity index (χ2n) is 24.6. The summed E-state index contributed by atoms with van der Waals surface area (Å²) < 4.78 is 6.99. The minimum absolute atomic E-state index is 0.0546. The summed E-state index contributed by atoms with van der Waals surface area (Å²) in [6.07, 6.45) is 0.952. The van der Waals surface area contributed by atoms with Crippen molar-refractivity contribution in [2.75, 3.05) is 4.90 Å². The van der Waals surface area contributed by atoms with Crippen LogP contribution in [0.25, 0.3) is 77.6 Å². The molecule has 0 atom stereocenters. The van der Waals surface area contributed by atoms with Gasteiger partial charge < -0.3 is 9.32 Å². The van der Waals surface area contributed by atoms with Crippen molar-refractivity contribution in [2.45, 2.75) is 111 Å². The largest absolute Gasteiger partial charge is 0.455 e. The zero-order valence-corrected chi connectivity index (χ0v) is 44.5. The Morgan fingerprint density at radius 1 is 0.466 bits per heavy atom. The van der Waals surface area contributed by atoms with Gasteiger partial charge in [-0.3, -0.25) is 0 Å². The van der Waals surface area contributed by atoms with E-state index in [4.69, 9.17) is 4.42 Å². The second-order valence-corrected chi connectivity index (χ2v) is 24.6. The molecule has 4 aliphatic rings. The standard InChI is InChI=1S/C71H63NO/c1-39-33-40(2)66(41(3)34-39)72(43-30-32-49-55(36-43)69(7,8)57-38-51(46-23-15-18-26-53(46)68(4,5)6)67-63(61(49)57)50-25-17-20-28-58(50)73-67)44-29-31-48-56(37-44)71(11,12)64-60(48)52-35-42-21-13-14-22-45(42)59(52)62-47-24-16-19-27-54(47)70(9,10)65(62)64/h13-34,36-38H,35H2,1-12H3. The molecule has 1 heterocycles. The molecular weight excluding hydrogens is 883 g/mol. The molecule has 4 aliphatic carbocycles. The number of anilines is 3. The van der Waals surface area contributed by atoms with Crippen molar-refractivity contribution in [2.24, 2.45) is 0 Å². The van der Waals surface area contributed by atoms with Gasteiger partial charge in [0.2, 0.25) is 0 Å². The average molecular weight is 946 g/mol. The van der Waals surface area contributed by atoms with Crippen LogP contribution in [0, 0.1) is 20.8 Å². The number of aryl methyl sites for hydroxylation is 3. The first kappa shape index (κ1) is 44.3. The smallest absolute Gasteiger partial charge is 0.143 e. The van der Waals surface area contributed by atoms with Gasteiger partial charge in [-0.05, 0) is 180 Å². The van der Waals surface area contributed by atoms with Crippen LogP contribution in [0.2, 0.25) is 0 Å². The Bertz CT molecular complexity index is 4080. The number of hydrogen-bond acceptors (Lipinski definition) is 2. The highest BCUT2D eigenvalue weighted by Crippen LogP contribution is 2.65. The first-order chi connectivity index (χ1) is 34.9. The van der Waals surface area contributed by atoms with Gasteiger partial charge >= 0.3 is 0 Å². The van der Waals surface area contributed by atoms with Crippen LogP contribution in [0.3, 0.4) is 0 Å². The Kier molecular flexibility index (Phi) is 8.88. The highest BCUT2D eigenvalue weighted by molar-refractivity contribution is 6.19. The Labute approximate surface area is 431 Å². The van der Waals surface area contributed by atoms with E-state index in [9.17, 15) is 0 Å². The van der Waals surface area contributed by atoms with Crippen molar-refractivity contribution >= 4 is 39.0 Å². The fraction of sp³-hybridized carbons (Fsp3) is 0.239. The van der Waals surface area contributed by atoms with Gasteiger partial charge in [-0.1, -0.05) is 183 Å². The van der Waals surface area contributed by atoms with Crippen LogP contribution in [-0.2, 0) is 28.1 Å². The lowest BCUT2D eigenvalue weighted by molar-refractivity contribution is 0.591. The lowest BCUT2D eigenvalue weighted by atomic mass is 9.71. The minimum atomic E-state index is -0.314. The van der Waals surface area contributed by atoms with Gasteiger partial charge in [-0.15, -0.1) is 0 Å². The molecule has 0 radical (unpaired) electrons. The molecule has 0 amide bonds. The highest BCUT2D eigenvalue weighted by atomic mass is 16.3. The number of furan rings is 1. The van der Waals surface area contributed by atoms with E-state index in [1.807, 2.05) is 0 Å². The first-order valence-corrected chi connectivity index (χ1v) is 26.6. The van der Waals surface area contributed by atoms with Gasteiger partial charge in [0, 0.05) is 44.0 Å². The molecule has 10 aromatic rings. The molecule has 2 nitrogen and oxygen atoms in total. The molecule has 14 rings (SSSR count). The van der Waals surface area contributed by atoms with Crippen LogP contribution in [0.15, 0.2) is 156 Å². The van der Waals surface area contributed by atoms with Crippen molar-refractivity contribution in [1.82, 2.24) is 0 Å². The van der Waals surface area contributed by atoms with Gasteiger partial charge in [0.05, 0.1) is 5.69 Å². The summed E-state index contributed by atoms with van der Waals surface area (Å²) in [5, 5.41) is 2.37. The monoisotopic (exact) mass is 945 g/mol. The highest BCUT2D eigenvalue weighted by Gasteiger charge is 2.50. The average Bonchev–Trinajstić information content (AvgIpc) is 4.14. The molecular formula is C71H63NO. The normalized spacial score (nSPS) is 15.7. The van der Waals surface area contributed by atoms with E-state index < -0.39 is 0 Å². The van der Waals surface area contributed by atoms with Gasteiger partial charge in [0.1, 0.15) is 11.2 Å². The fourth-order valence-corrected chi connectivity index (χ4v) is 14.9. The zero-order chi connectivity index (χ0) is 50.4. The van der Waals surface area contributed by atoms with Crippen LogP contribution in [0.1, 0.15) is 129 Å². The maximum absolute atomic E-state index is 6.99. The Morgan fingerprint density at radius 2 is 1.03 bits per heavy atom. The van der Waals surface area contributed by atoms with E-state index in [1.165, 1.54) is 150 Å². The predicted molar refractivity (Wildman–Crippen MR) is 308 cm³/mol. The Morgan fingerprint density at radius 3 is 1.74 bits per heavy atom. The molecule has 0 N–H and O–H groups in total. The van der Waals surface area contributed by atoms with Gasteiger partial charge in [-0.2, -0.15) is 0 Å². The summed E-state index contributed by atoms with van der Waals surface area (Å²) in [6, 6.07) is 58.0. The van der Waals surface area contributed by atoms with Crippen molar-refractivity contribution in [3.8, 4) is 55.6 Å². The molecule has 0 fully saturated rings. The van der Waals surface area contributed by atoms with Crippen LogP contribution in [-0.4, -0.2) is 0 Å². The second kappa shape index (κ2) is 14.6. The molecule has 2 heteroatoms. The molecule has 1 aromatic heterocycles. The lowest BCUT2D eigenvalue weighted by Crippen LogP contribution is -2.25. The molecule has 358 valence electrons. The predicted octanol–water partition coefficient (Wildman–Crippen LogP) is 19.4. The Balaban J connectivity index is 0.988. The molecule has 0 bridgehead atoms. The van der Waals surface area contributed by atoms with E-state index >= 15 is 0 Å². The van der Waals surface area contributed by atoms with Crippen LogP contribution in [0.4, 0.5) is 17.1 Å². The summed E-state index contributed by atoms with van der Waals surface area (Å²) in [5.74, 6) is 0. The number of nitrogens with zero attached hydrogens (tertiary/aromatic N) is 1. The third-order valence-electron chi connectivity index (χ3n) is 18.0. The summed E-state index contributed by atoms with van der Waals surface area (Å²) in [7, 11) is 0. The van der Waals surface area contributed by atoms with Crippen molar-refractivity contribution < 1.29 is 4.42 Å². The number of fused-ring (bicyclic) bond motifs is 19. The minimum Gasteiger partial charge on any atom is -0.455 e. The SMILES string of the molecule is Cc1cc(C)c(N(c2ccc3c(c2)C(C)(C)c2cc(-c4ccccc4C(C)(C)C)c4oc5ccccc5c4c2-3)c2ccc3c(c2)C(C)(C)c2c-3c3c(c4c2C(C)(C)c2ccccc2-4)-c2ccccc2C3)c(C)c1. The number of rotatable bonds is 4. The first-order valence-electron chi connectivity index (χ1n) is 26.6. The lowest BCUT2D eigenvalue weighted by Gasteiger charge is -2.33. The third kappa shape index (κ3) is 5.81. The molecule has 0 aliphatic heterocycles. The number of para-hydroxylation sites is 1. The summed E-state index contributed by atoms with van der Waals surface area (Å²) in [6.45, 7) is 28.6. The molecule has 0 saturated heterocycles. The third-order valence-corrected chi connectivity index (χ3v) is 18.0. The van der Waals surface area contributed by atoms with E-state index in [-0.39, 0.29) is 21.7 Å². The molecule has 0 saturated carbocycles. The molecule has 0 spiro atoms. The fourth-order valence-electron chi connectivity index (χ4n) is 14.9. The van der Waals surface area contributed by atoms with Gasteiger partial charge in [0.15, 0.2) is 0 Å². The van der Waals surface area contributed by atoms with Crippen molar-refractivity contribution in [3.63, 3.8) is 0 Å². The van der Waals surface area contributed by atoms with E-state index in [2.05, 4.69) is 240 Å². The number of hydrogen-bond donors (Lipinski definition) is 0. The van der Waals surface area contributed by atoms with Crippen LogP contribution < -0.4 is 4.90 Å².